The number of nitrogens with one attached hydrogen (secondary N) is 3. The summed E-state index contributed by atoms with van der Waals surface area (Å²) < 4.78 is 12.2. The highest BCUT2D eigenvalue weighted by molar-refractivity contribution is 5.84. The molecule has 0 radical (unpaired) electrons. The first kappa shape index (κ1) is 31.9. The number of likely N-dealkylation sites (N-methyl/N-ethyl adjacent to an activating group) is 2. The van der Waals surface area contributed by atoms with E-state index in [9.17, 15) is 10.2 Å². The Bertz CT molecular complexity index is 993. The molecule has 1 aromatic rings. The van der Waals surface area contributed by atoms with Gasteiger partial charge in [-0.25, -0.2) is 0 Å². The molecule has 0 bridgehead atoms. The third-order valence-electron chi connectivity index (χ3n) is 7.45. The van der Waals surface area contributed by atoms with Crippen LogP contribution in [0.15, 0.2) is 46.7 Å². The van der Waals surface area contributed by atoms with E-state index in [1.54, 1.807) is 13.0 Å². The van der Waals surface area contributed by atoms with Crippen molar-refractivity contribution in [3.63, 3.8) is 0 Å². The fourth-order valence-electron chi connectivity index (χ4n) is 4.99. The molecule has 3 rings (SSSR count). The van der Waals surface area contributed by atoms with Crippen molar-refractivity contribution in [2.75, 3.05) is 33.3 Å². The first-order chi connectivity index (χ1) is 19.3. The number of benzene rings is 1. The van der Waals surface area contributed by atoms with Crippen LogP contribution in [0.1, 0.15) is 58.9 Å². The molecule has 222 valence electrons. The number of unbranched alkanes of at least 4 members (excludes halogenated alkanes) is 1. The molecule has 8 heteroatoms. The molecule has 5 N–H and O–H groups in total. The van der Waals surface area contributed by atoms with Crippen molar-refractivity contribution in [1.82, 2.24) is 16.0 Å². The lowest BCUT2D eigenvalue weighted by Gasteiger charge is -2.23. The van der Waals surface area contributed by atoms with Crippen LogP contribution in [0.4, 0.5) is 0 Å². The van der Waals surface area contributed by atoms with Gasteiger partial charge in [0.05, 0.1) is 18.1 Å². The third-order valence-corrected chi connectivity index (χ3v) is 7.45. The molecule has 0 aromatic heterocycles. The van der Waals surface area contributed by atoms with Crippen LogP contribution in [0.5, 0.6) is 11.5 Å². The number of hydrogen-bond donors (Lipinski definition) is 5. The van der Waals surface area contributed by atoms with Crippen LogP contribution in [0.25, 0.3) is 0 Å². The van der Waals surface area contributed by atoms with Gasteiger partial charge in [-0.2, -0.15) is 12.5 Å². The second-order valence-electron chi connectivity index (χ2n) is 10.9. The van der Waals surface area contributed by atoms with Crippen molar-refractivity contribution in [1.29, 1.82) is 0 Å². The highest BCUT2D eigenvalue weighted by Gasteiger charge is 2.35. The van der Waals surface area contributed by atoms with Crippen LogP contribution in [0.3, 0.4) is 0 Å². The van der Waals surface area contributed by atoms with Gasteiger partial charge in [-0.3, -0.25) is 5.32 Å². The minimum atomic E-state index is -0.403. The normalized spacial score (nSPS) is 19.4. The number of hydrogen-bond acceptors (Lipinski definition) is 8. The summed E-state index contributed by atoms with van der Waals surface area (Å²) in [5, 5.41) is 30.4. The molecule has 0 saturated heterocycles. The fourth-order valence-corrected chi connectivity index (χ4v) is 4.99. The predicted molar refractivity (Wildman–Crippen MR) is 163 cm³/mol. The second kappa shape index (κ2) is 16.6. The molecule has 2 heterocycles. The quantitative estimate of drug-likeness (QED) is 0.164. The number of phenols is 1. The number of aromatic hydroxyl groups is 1. The molecule has 2 aliphatic rings. The highest BCUT2D eigenvalue weighted by atomic mass is 16.5. The molecule has 0 fully saturated rings. The van der Waals surface area contributed by atoms with E-state index in [2.05, 4.69) is 55.3 Å². The predicted octanol–water partition coefficient (Wildman–Crippen LogP) is 4.10. The molecular weight excluding hydrogens is 504 g/mol. The maximum Gasteiger partial charge on any atom is 0.176 e. The number of nitrogens with zero attached hydrogens (tertiary/aromatic N) is 1. The number of ether oxygens (including phenoxy) is 2. The summed E-state index contributed by atoms with van der Waals surface area (Å²) in [5.74, 6) is 1.84. The van der Waals surface area contributed by atoms with Gasteiger partial charge in [0, 0.05) is 25.2 Å². The van der Waals surface area contributed by atoms with Crippen molar-refractivity contribution >= 4 is 6.21 Å². The zero-order valence-electron chi connectivity index (χ0n) is 25.0. The summed E-state index contributed by atoms with van der Waals surface area (Å²) in [7, 11) is 1.93. The maximum absolute atomic E-state index is 10.5. The van der Waals surface area contributed by atoms with Crippen LogP contribution in [-0.4, -0.2) is 74.0 Å². The molecular formula is C32H50N4O4. The summed E-state index contributed by atoms with van der Waals surface area (Å²) in [5.41, 5.74) is 2.23. The number of phenolic OH excluding ortho intramolecular Hbond substituents is 1. The van der Waals surface area contributed by atoms with Crippen molar-refractivity contribution in [2.45, 2.75) is 84.1 Å². The van der Waals surface area contributed by atoms with Crippen molar-refractivity contribution in [3.8, 4) is 11.5 Å². The molecule has 8 nitrogen and oxygen atoms in total. The first-order valence-corrected chi connectivity index (χ1v) is 14.9. The summed E-state index contributed by atoms with van der Waals surface area (Å²) in [4.78, 5) is 4.72. The van der Waals surface area contributed by atoms with Crippen LogP contribution in [0, 0.1) is 18.4 Å². The van der Waals surface area contributed by atoms with Crippen molar-refractivity contribution < 1.29 is 19.7 Å². The summed E-state index contributed by atoms with van der Waals surface area (Å²) in [6, 6.07) is 6.53. The molecule has 40 heavy (non-hydrogen) atoms. The van der Waals surface area contributed by atoms with Crippen LogP contribution >= 0.6 is 0 Å². The number of aryl methyl sites for hydroxylation is 1. The Kier molecular flexibility index (Phi) is 13.2. The van der Waals surface area contributed by atoms with E-state index >= 15 is 0 Å². The monoisotopic (exact) mass is 554 g/mol. The number of allylic oxidation sites excluding steroid dienone is 1. The van der Waals surface area contributed by atoms with Gasteiger partial charge in [-0.15, -0.1) is 4.99 Å². The van der Waals surface area contributed by atoms with Gasteiger partial charge < -0.3 is 30.3 Å². The van der Waals surface area contributed by atoms with E-state index in [-0.39, 0.29) is 29.9 Å². The summed E-state index contributed by atoms with van der Waals surface area (Å²) in [6.07, 6.45) is 13.2. The van der Waals surface area contributed by atoms with Crippen LogP contribution < -0.4 is 20.7 Å². The molecule has 0 spiro atoms. The number of rotatable bonds is 19. The Morgan fingerprint density at radius 3 is 2.73 bits per heavy atom. The zero-order chi connectivity index (χ0) is 28.9. The molecule has 0 saturated carbocycles. The van der Waals surface area contributed by atoms with E-state index in [1.165, 1.54) is 12.8 Å². The minimum absolute atomic E-state index is 0.116. The van der Waals surface area contributed by atoms with Gasteiger partial charge >= 0.3 is 0 Å². The molecule has 5 atom stereocenters. The number of aliphatic hydroxyl groups excluding tert-OH is 1. The van der Waals surface area contributed by atoms with E-state index in [4.69, 9.17) is 14.5 Å². The molecule has 0 aliphatic carbocycles. The van der Waals surface area contributed by atoms with Gasteiger partial charge in [-0.05, 0) is 58.0 Å². The Morgan fingerprint density at radius 1 is 1.18 bits per heavy atom. The summed E-state index contributed by atoms with van der Waals surface area (Å²) in [6.45, 7) is 10.7. The molecule has 0 amide bonds. The fraction of sp³-hybridized carbons (Fsp3) is 0.594. The van der Waals surface area contributed by atoms with Gasteiger partial charge in [-0.1, -0.05) is 44.9 Å². The molecule has 5 unspecified atom stereocenters. The van der Waals surface area contributed by atoms with Gasteiger partial charge in [0.2, 0.25) is 0 Å². The third kappa shape index (κ3) is 9.77. The van der Waals surface area contributed by atoms with Gasteiger partial charge in [0.1, 0.15) is 18.2 Å². The Balaban J connectivity index is 1.57. The van der Waals surface area contributed by atoms with Gasteiger partial charge in [0.25, 0.3) is 0 Å². The summed E-state index contributed by atoms with van der Waals surface area (Å²) >= 11 is 0. The zero-order valence-corrected chi connectivity index (χ0v) is 25.0. The van der Waals surface area contributed by atoms with Gasteiger partial charge in [0.15, 0.2) is 23.8 Å². The molecule has 1 aromatic carbocycles. The Morgan fingerprint density at radius 2 is 2.00 bits per heavy atom. The SMILES string of the molecule is CCCCC1[CH-]C=C(CCc2ccc(O)c(OCC(NCC)[C+]3C=C(C(C)C(CNC)NCC(C)O)C=N3)c2)O1. The van der Waals surface area contributed by atoms with Crippen LogP contribution in [0.2, 0.25) is 0 Å². The lowest BCUT2D eigenvalue weighted by Crippen LogP contribution is -2.45. The maximum atomic E-state index is 10.5. The Hall–Kier alpha value is -2.65. The average molecular weight is 555 g/mol. The van der Waals surface area contributed by atoms with E-state index in [1.807, 2.05) is 25.4 Å². The topological polar surface area (TPSA) is 107 Å². The first-order valence-electron chi connectivity index (χ1n) is 14.9. The number of aliphatic hydroxyl groups is 1. The Labute approximate surface area is 241 Å². The second-order valence-corrected chi connectivity index (χ2v) is 10.9. The lowest BCUT2D eigenvalue weighted by molar-refractivity contribution is 0.147. The molecule has 2 aliphatic heterocycles. The smallest absolute Gasteiger partial charge is 0.176 e. The van der Waals surface area contributed by atoms with E-state index < -0.39 is 6.10 Å². The van der Waals surface area contributed by atoms with E-state index in [0.717, 1.165) is 55.3 Å². The van der Waals surface area contributed by atoms with Crippen LogP contribution in [-0.2, 0) is 11.2 Å². The average Bonchev–Trinajstić information content (AvgIpc) is 3.62. The minimum Gasteiger partial charge on any atom is -0.592 e. The number of aliphatic imine (C=N–C) groups is 1. The lowest BCUT2D eigenvalue weighted by atomic mass is 9.92. The van der Waals surface area contributed by atoms with Crippen molar-refractivity contribution in [2.24, 2.45) is 10.9 Å². The highest BCUT2D eigenvalue weighted by Crippen LogP contribution is 2.31. The standard InChI is InChI=1S/C32H50N4O4/c1-6-8-9-26-13-14-27(40-26)12-10-24-11-15-31(38)32(16-24)39-21-30(34-7-2)28-17-25(19-36-28)23(4)29(20-33-5)35-18-22(3)37/h11,13-17,19,22-23,26,29-30,33-35,37-38H,6-10,12,18,20-21H2,1-5H3. The van der Waals surface area contributed by atoms with Crippen molar-refractivity contribution in [3.05, 3.63) is 59.7 Å². The van der Waals surface area contributed by atoms with E-state index in [0.29, 0.717) is 18.9 Å². The largest absolute Gasteiger partial charge is 0.592 e.